The predicted molar refractivity (Wildman–Crippen MR) is 63.3 cm³/mol. The van der Waals surface area contributed by atoms with Crippen molar-refractivity contribution in [1.82, 2.24) is 0 Å². The molecule has 0 aromatic carbocycles. The van der Waals surface area contributed by atoms with Gasteiger partial charge in [-0.2, -0.15) is 0 Å². The van der Waals surface area contributed by atoms with E-state index < -0.39 is 0 Å². The van der Waals surface area contributed by atoms with Gasteiger partial charge in [-0.1, -0.05) is 59.0 Å². The molecule has 0 saturated carbocycles. The summed E-state index contributed by atoms with van der Waals surface area (Å²) in [4.78, 5) is 0. The second kappa shape index (κ2) is 4.10. The Labute approximate surface area is 95.2 Å². The standard InChI is InChI=1S/C6H11BI2O2/c1-6(2)3-10-7(5(8)9)11-4-6/h5H,3-4H2,1-2H3. The zero-order chi connectivity index (χ0) is 8.48. The highest BCUT2D eigenvalue weighted by Crippen LogP contribution is 2.26. The lowest BCUT2D eigenvalue weighted by Gasteiger charge is -2.33. The molecule has 5 heteroatoms. The molecule has 0 atom stereocenters. The van der Waals surface area contributed by atoms with E-state index in [0.717, 1.165) is 13.2 Å². The van der Waals surface area contributed by atoms with Gasteiger partial charge in [-0.15, -0.1) is 0 Å². The van der Waals surface area contributed by atoms with Crippen LogP contribution < -0.4 is 0 Å². The normalized spacial score (nSPS) is 24.3. The Bertz CT molecular complexity index is 131. The topological polar surface area (TPSA) is 18.5 Å². The minimum absolute atomic E-state index is 0.00998. The van der Waals surface area contributed by atoms with Gasteiger partial charge in [0.1, 0.15) is 0 Å². The van der Waals surface area contributed by atoms with E-state index in [1.54, 1.807) is 0 Å². The molecule has 64 valence electrons. The Hall–Kier alpha value is 1.44. The molecule has 0 bridgehead atoms. The van der Waals surface area contributed by atoms with E-state index in [4.69, 9.17) is 9.31 Å². The first-order valence-electron chi connectivity index (χ1n) is 3.53. The smallest absolute Gasteiger partial charge is 0.409 e. The highest BCUT2D eigenvalue weighted by atomic mass is 127. The Kier molecular flexibility index (Phi) is 3.93. The summed E-state index contributed by atoms with van der Waals surface area (Å²) in [6, 6.07) is 0. The van der Waals surface area contributed by atoms with Crippen molar-refractivity contribution in [3.63, 3.8) is 0 Å². The minimum atomic E-state index is -0.00998. The van der Waals surface area contributed by atoms with E-state index in [2.05, 4.69) is 59.0 Å². The first-order chi connectivity index (χ1) is 5.01. The lowest BCUT2D eigenvalue weighted by atomic mass is 9.86. The van der Waals surface area contributed by atoms with E-state index in [9.17, 15) is 0 Å². The molecule has 0 aromatic rings. The maximum Gasteiger partial charge on any atom is 0.481 e. The van der Waals surface area contributed by atoms with E-state index in [1.807, 2.05) is 0 Å². The first-order valence-corrected chi connectivity index (χ1v) is 6.02. The van der Waals surface area contributed by atoms with Gasteiger partial charge < -0.3 is 9.31 Å². The fourth-order valence-corrected chi connectivity index (χ4v) is 1.68. The average molecular weight is 380 g/mol. The third kappa shape index (κ3) is 3.35. The first kappa shape index (κ1) is 10.5. The zero-order valence-electron chi connectivity index (χ0n) is 6.64. The van der Waals surface area contributed by atoms with Gasteiger partial charge in [0, 0.05) is 18.6 Å². The van der Waals surface area contributed by atoms with Crippen molar-refractivity contribution in [2.45, 2.75) is 15.7 Å². The molecule has 1 aliphatic heterocycles. The third-order valence-corrected chi connectivity index (χ3v) is 2.66. The van der Waals surface area contributed by atoms with E-state index >= 15 is 0 Å². The molecule has 0 spiro atoms. The SMILES string of the molecule is CC1(C)COB(C(I)I)OC1. The fourth-order valence-electron chi connectivity index (χ4n) is 0.851. The van der Waals surface area contributed by atoms with E-state index in [1.165, 1.54) is 0 Å². The highest BCUT2D eigenvalue weighted by Gasteiger charge is 2.35. The molecule has 0 amide bonds. The summed E-state index contributed by atoms with van der Waals surface area (Å²) in [5.41, 5.74) is 0.193. The molecule has 1 rings (SSSR count). The van der Waals surface area contributed by atoms with Gasteiger partial charge >= 0.3 is 7.12 Å². The van der Waals surface area contributed by atoms with Gasteiger partial charge in [0.2, 0.25) is 0 Å². The lowest BCUT2D eigenvalue weighted by Crippen LogP contribution is -2.43. The number of alkyl halides is 2. The monoisotopic (exact) mass is 380 g/mol. The van der Waals surface area contributed by atoms with Crippen molar-refractivity contribution >= 4 is 52.3 Å². The molecular formula is C6H11BI2O2. The molecule has 11 heavy (non-hydrogen) atoms. The van der Waals surface area contributed by atoms with Crippen LogP contribution in [0.3, 0.4) is 0 Å². The maximum atomic E-state index is 5.52. The number of halogens is 2. The van der Waals surface area contributed by atoms with Crippen LogP contribution in [0.15, 0.2) is 0 Å². The quantitative estimate of drug-likeness (QED) is 0.395. The zero-order valence-corrected chi connectivity index (χ0v) is 11.0. The van der Waals surface area contributed by atoms with Gasteiger partial charge in [0.15, 0.2) is 0 Å². The largest absolute Gasteiger partial charge is 0.481 e. The van der Waals surface area contributed by atoms with Crippen molar-refractivity contribution in [2.24, 2.45) is 5.41 Å². The van der Waals surface area contributed by atoms with E-state index in [-0.39, 0.29) is 12.5 Å². The van der Waals surface area contributed by atoms with Crippen LogP contribution in [-0.2, 0) is 9.31 Å². The van der Waals surface area contributed by atoms with Crippen LogP contribution in [0.5, 0.6) is 0 Å². The van der Waals surface area contributed by atoms with Crippen molar-refractivity contribution in [2.75, 3.05) is 13.2 Å². The van der Waals surface area contributed by atoms with E-state index in [0.29, 0.717) is 1.83 Å². The summed E-state index contributed by atoms with van der Waals surface area (Å²) >= 11 is 4.62. The van der Waals surface area contributed by atoms with Gasteiger partial charge in [0.25, 0.3) is 0 Å². The van der Waals surface area contributed by atoms with Crippen LogP contribution in [-0.4, -0.2) is 22.2 Å². The second-order valence-corrected chi connectivity index (χ2v) is 8.56. The predicted octanol–water partition coefficient (Wildman–Crippen LogP) is 2.28. The van der Waals surface area contributed by atoms with Gasteiger partial charge in [-0.25, -0.2) is 0 Å². The molecule has 1 aliphatic rings. The molecule has 0 aromatic heterocycles. The molecule has 2 nitrogen and oxygen atoms in total. The van der Waals surface area contributed by atoms with Crippen LogP contribution in [0, 0.1) is 5.41 Å². The van der Waals surface area contributed by atoms with Crippen LogP contribution in [0.25, 0.3) is 0 Å². The van der Waals surface area contributed by atoms with Crippen LogP contribution in [0.1, 0.15) is 13.8 Å². The highest BCUT2D eigenvalue weighted by molar-refractivity contribution is 14.2. The van der Waals surface area contributed by atoms with Crippen molar-refractivity contribution in [1.29, 1.82) is 0 Å². The Morgan fingerprint density at radius 3 is 2.09 bits per heavy atom. The van der Waals surface area contributed by atoms with Gasteiger partial charge in [-0.3, -0.25) is 0 Å². The van der Waals surface area contributed by atoms with Crippen molar-refractivity contribution < 1.29 is 9.31 Å². The van der Waals surface area contributed by atoms with Crippen molar-refractivity contribution in [3.8, 4) is 0 Å². The maximum absolute atomic E-state index is 5.52. The number of hydrogen-bond acceptors (Lipinski definition) is 2. The summed E-state index contributed by atoms with van der Waals surface area (Å²) in [5.74, 6) is 0. The minimum Gasteiger partial charge on any atom is -0.409 e. The second-order valence-electron chi connectivity index (χ2n) is 3.49. The molecule has 0 N–H and O–H groups in total. The van der Waals surface area contributed by atoms with Crippen LogP contribution in [0.2, 0.25) is 0 Å². The summed E-state index contributed by atoms with van der Waals surface area (Å²) in [5, 5.41) is 0. The summed E-state index contributed by atoms with van der Waals surface area (Å²) in [7, 11) is -0.00998. The number of hydrogen-bond donors (Lipinski definition) is 0. The third-order valence-electron chi connectivity index (χ3n) is 1.48. The molecule has 0 radical (unpaired) electrons. The lowest BCUT2D eigenvalue weighted by molar-refractivity contribution is 0.0305. The fraction of sp³-hybridized carbons (Fsp3) is 1.00. The molecule has 1 heterocycles. The van der Waals surface area contributed by atoms with Crippen LogP contribution in [0.4, 0.5) is 0 Å². The molecule has 0 unspecified atom stereocenters. The molecule has 1 saturated heterocycles. The Morgan fingerprint density at radius 1 is 1.27 bits per heavy atom. The molecular weight excluding hydrogens is 369 g/mol. The van der Waals surface area contributed by atoms with Crippen LogP contribution >= 0.6 is 45.2 Å². The van der Waals surface area contributed by atoms with Gasteiger partial charge in [0.05, 0.1) is 1.83 Å². The number of rotatable bonds is 1. The van der Waals surface area contributed by atoms with Gasteiger partial charge in [-0.05, 0) is 0 Å². The molecule has 1 fully saturated rings. The average Bonchev–Trinajstić information content (AvgIpc) is 1.86. The summed E-state index contributed by atoms with van der Waals surface area (Å²) in [6.07, 6.45) is 0. The van der Waals surface area contributed by atoms with Crippen molar-refractivity contribution in [3.05, 3.63) is 0 Å². The molecule has 0 aliphatic carbocycles. The summed E-state index contributed by atoms with van der Waals surface area (Å²) in [6.45, 7) is 5.91. The summed E-state index contributed by atoms with van der Waals surface area (Å²) < 4.78 is 11.4. The Balaban J connectivity index is 2.36. The Morgan fingerprint density at radius 2 is 1.73 bits per heavy atom.